The van der Waals surface area contributed by atoms with E-state index in [9.17, 15) is 9.59 Å². The molecule has 0 fully saturated rings. The fraction of sp³-hybridized carbons (Fsp3) is 0.333. The summed E-state index contributed by atoms with van der Waals surface area (Å²) in [6.45, 7) is 5.31. The highest BCUT2D eigenvalue weighted by Gasteiger charge is 2.09. The third kappa shape index (κ3) is 6.24. The first-order valence-electron chi connectivity index (χ1n) is 8.85. The maximum Gasteiger partial charge on any atom is 0.251 e. The van der Waals surface area contributed by atoms with Crippen molar-refractivity contribution in [1.29, 1.82) is 0 Å². The van der Waals surface area contributed by atoms with Crippen molar-refractivity contribution in [2.75, 3.05) is 31.6 Å². The fourth-order valence-electron chi connectivity index (χ4n) is 2.79. The maximum atomic E-state index is 12.1. The average Bonchev–Trinajstić information content (AvgIpc) is 2.63. The van der Waals surface area contributed by atoms with E-state index in [2.05, 4.69) is 27.7 Å². The molecule has 0 aromatic heterocycles. The van der Waals surface area contributed by atoms with Gasteiger partial charge in [0, 0.05) is 31.4 Å². The van der Waals surface area contributed by atoms with Gasteiger partial charge in [-0.25, -0.2) is 0 Å². The zero-order chi connectivity index (χ0) is 18.9. The Hall–Kier alpha value is -2.82. The highest BCUT2D eigenvalue weighted by Crippen LogP contribution is 2.10. The monoisotopic (exact) mass is 353 g/mol. The number of carbonyl (C=O) groups excluding carboxylic acids is 2. The normalized spacial score (nSPS) is 10.3. The molecule has 0 saturated heterocycles. The van der Waals surface area contributed by atoms with Crippen molar-refractivity contribution in [3.8, 4) is 0 Å². The van der Waals surface area contributed by atoms with Crippen LogP contribution in [0.25, 0.3) is 0 Å². The molecule has 2 N–H and O–H groups in total. The highest BCUT2D eigenvalue weighted by atomic mass is 16.2. The number of rotatable bonds is 8. The molecule has 2 aromatic rings. The Kier molecular flexibility index (Phi) is 7.21. The lowest BCUT2D eigenvalue weighted by molar-refractivity contribution is -0.120. The number of nitrogens with one attached hydrogen (secondary N) is 2. The zero-order valence-corrected chi connectivity index (χ0v) is 15.7. The first-order chi connectivity index (χ1) is 12.5. The number of para-hydroxylation sites is 1. The molecule has 138 valence electrons. The third-order valence-electron chi connectivity index (χ3n) is 4.08. The predicted molar refractivity (Wildman–Crippen MR) is 106 cm³/mol. The van der Waals surface area contributed by atoms with Crippen LogP contribution in [0.5, 0.6) is 0 Å². The van der Waals surface area contributed by atoms with Gasteiger partial charge in [0.2, 0.25) is 5.91 Å². The number of benzene rings is 2. The lowest BCUT2D eigenvalue weighted by Crippen LogP contribution is -2.38. The van der Waals surface area contributed by atoms with Gasteiger partial charge >= 0.3 is 0 Å². The third-order valence-corrected chi connectivity index (χ3v) is 4.08. The van der Waals surface area contributed by atoms with Crippen LogP contribution < -0.4 is 15.5 Å². The summed E-state index contributed by atoms with van der Waals surface area (Å²) in [7, 11) is 2.03. The number of hydrogen-bond acceptors (Lipinski definition) is 3. The Labute approximate surface area is 155 Å². The van der Waals surface area contributed by atoms with Gasteiger partial charge in [-0.3, -0.25) is 9.59 Å². The molecule has 0 heterocycles. The van der Waals surface area contributed by atoms with Crippen LogP contribution in [0.15, 0.2) is 48.5 Å². The first kappa shape index (κ1) is 19.5. The number of nitrogens with zero attached hydrogens (tertiary/aromatic N) is 1. The Bertz CT molecular complexity index is 724. The second-order valence-corrected chi connectivity index (χ2v) is 6.52. The minimum atomic E-state index is -0.226. The van der Waals surface area contributed by atoms with Crippen LogP contribution in [0.3, 0.4) is 0 Å². The minimum absolute atomic E-state index is 0.0135. The zero-order valence-electron chi connectivity index (χ0n) is 15.7. The van der Waals surface area contributed by atoms with Gasteiger partial charge < -0.3 is 15.5 Å². The summed E-state index contributed by atoms with van der Waals surface area (Å²) in [6.07, 6.45) is 0.835. The van der Waals surface area contributed by atoms with Gasteiger partial charge in [-0.2, -0.15) is 0 Å². The van der Waals surface area contributed by atoms with Crippen molar-refractivity contribution < 1.29 is 9.59 Å². The molecule has 0 aliphatic heterocycles. The lowest BCUT2D eigenvalue weighted by Gasteiger charge is -2.19. The quantitative estimate of drug-likeness (QED) is 0.717. The molecule has 0 unspecified atom stereocenters. The topological polar surface area (TPSA) is 61.4 Å². The van der Waals surface area contributed by atoms with Crippen LogP contribution in [0.2, 0.25) is 0 Å². The molecule has 5 nitrogen and oxygen atoms in total. The summed E-state index contributed by atoms with van der Waals surface area (Å²) in [4.78, 5) is 26.2. The summed E-state index contributed by atoms with van der Waals surface area (Å²) in [5, 5.41) is 5.51. The SMILES string of the molecule is Cc1cc(C)cc(C(=O)NCC(=O)NCCCN(C)c2ccccc2)c1. The Morgan fingerprint density at radius 3 is 2.27 bits per heavy atom. The van der Waals surface area contributed by atoms with E-state index in [-0.39, 0.29) is 18.4 Å². The average molecular weight is 353 g/mol. The fourth-order valence-corrected chi connectivity index (χ4v) is 2.79. The number of carbonyl (C=O) groups is 2. The van der Waals surface area contributed by atoms with E-state index in [4.69, 9.17) is 0 Å². The molecule has 0 saturated carbocycles. The highest BCUT2D eigenvalue weighted by molar-refractivity contribution is 5.96. The molecule has 0 atom stereocenters. The van der Waals surface area contributed by atoms with Gasteiger partial charge in [0.25, 0.3) is 5.91 Å². The van der Waals surface area contributed by atoms with Crippen molar-refractivity contribution in [1.82, 2.24) is 10.6 Å². The summed E-state index contributed by atoms with van der Waals surface area (Å²) in [5.74, 6) is -0.402. The van der Waals surface area contributed by atoms with Crippen LogP contribution in [0, 0.1) is 13.8 Å². The Balaban J connectivity index is 1.66. The van der Waals surface area contributed by atoms with Gasteiger partial charge in [0.1, 0.15) is 0 Å². The summed E-state index contributed by atoms with van der Waals surface area (Å²) < 4.78 is 0. The van der Waals surface area contributed by atoms with Crippen LogP contribution in [-0.2, 0) is 4.79 Å². The Morgan fingerprint density at radius 2 is 1.62 bits per heavy atom. The van der Waals surface area contributed by atoms with E-state index in [1.807, 2.05) is 57.3 Å². The summed E-state index contributed by atoms with van der Waals surface area (Å²) >= 11 is 0. The standard InChI is InChI=1S/C21H27N3O2/c1-16-12-17(2)14-18(13-16)21(26)23-15-20(25)22-10-7-11-24(3)19-8-5-4-6-9-19/h4-6,8-9,12-14H,7,10-11,15H2,1-3H3,(H,22,25)(H,23,26). The lowest BCUT2D eigenvalue weighted by atomic mass is 10.1. The molecule has 2 rings (SSSR count). The first-order valence-corrected chi connectivity index (χ1v) is 8.85. The smallest absolute Gasteiger partial charge is 0.251 e. The molecule has 0 spiro atoms. The summed E-state index contributed by atoms with van der Waals surface area (Å²) in [5.41, 5.74) is 3.79. The van der Waals surface area contributed by atoms with Gasteiger partial charge in [-0.15, -0.1) is 0 Å². The van der Waals surface area contributed by atoms with Crippen LogP contribution >= 0.6 is 0 Å². The Morgan fingerprint density at radius 1 is 0.962 bits per heavy atom. The number of amides is 2. The van der Waals surface area contributed by atoms with E-state index < -0.39 is 0 Å². The van der Waals surface area contributed by atoms with Crippen molar-refractivity contribution in [3.63, 3.8) is 0 Å². The molecule has 0 aliphatic carbocycles. The number of hydrogen-bond donors (Lipinski definition) is 2. The van der Waals surface area contributed by atoms with Crippen molar-refractivity contribution >= 4 is 17.5 Å². The predicted octanol–water partition coefficient (Wildman–Crippen LogP) is 2.68. The molecule has 0 bridgehead atoms. The van der Waals surface area contributed by atoms with Crippen molar-refractivity contribution in [2.45, 2.75) is 20.3 Å². The largest absolute Gasteiger partial charge is 0.375 e. The molecule has 0 radical (unpaired) electrons. The molecule has 26 heavy (non-hydrogen) atoms. The van der Waals surface area contributed by atoms with Crippen LogP contribution in [-0.4, -0.2) is 38.5 Å². The second-order valence-electron chi connectivity index (χ2n) is 6.52. The molecule has 0 aliphatic rings. The van der Waals surface area contributed by atoms with E-state index in [0.29, 0.717) is 12.1 Å². The van der Waals surface area contributed by atoms with Gasteiger partial charge in [0.15, 0.2) is 0 Å². The molecular formula is C21H27N3O2. The van der Waals surface area contributed by atoms with Crippen LogP contribution in [0.4, 0.5) is 5.69 Å². The van der Waals surface area contributed by atoms with Gasteiger partial charge in [0.05, 0.1) is 6.54 Å². The van der Waals surface area contributed by atoms with E-state index >= 15 is 0 Å². The maximum absolute atomic E-state index is 12.1. The minimum Gasteiger partial charge on any atom is -0.375 e. The van der Waals surface area contributed by atoms with Gasteiger partial charge in [-0.1, -0.05) is 35.4 Å². The molecular weight excluding hydrogens is 326 g/mol. The number of aryl methyl sites for hydroxylation is 2. The van der Waals surface area contributed by atoms with Crippen LogP contribution in [0.1, 0.15) is 27.9 Å². The van der Waals surface area contributed by atoms with E-state index in [1.165, 1.54) is 0 Å². The summed E-state index contributed by atoms with van der Waals surface area (Å²) in [6, 6.07) is 15.8. The second kappa shape index (κ2) is 9.61. The van der Waals surface area contributed by atoms with Gasteiger partial charge in [-0.05, 0) is 44.5 Å². The van der Waals surface area contributed by atoms with E-state index in [1.54, 1.807) is 0 Å². The van der Waals surface area contributed by atoms with Crippen molar-refractivity contribution in [2.24, 2.45) is 0 Å². The van der Waals surface area contributed by atoms with Crippen molar-refractivity contribution in [3.05, 3.63) is 65.2 Å². The molecule has 2 aromatic carbocycles. The molecule has 2 amide bonds. The number of anilines is 1. The van der Waals surface area contributed by atoms with E-state index in [0.717, 1.165) is 29.8 Å². The molecule has 5 heteroatoms.